The average molecular weight is 1400 g/mol. The Labute approximate surface area is 568 Å². The molecule has 43 N–H and O–H groups in total. The maximum absolute atomic E-state index is 14.6. The summed E-state index contributed by atoms with van der Waals surface area (Å²) in [7, 11) is 0. The van der Waals surface area contributed by atoms with E-state index >= 15 is 0 Å². The van der Waals surface area contributed by atoms with Gasteiger partial charge in [0.15, 0.2) is 35.8 Å². The minimum atomic E-state index is -1.71. The summed E-state index contributed by atoms with van der Waals surface area (Å²) in [6.07, 6.45) is 0.214. The fraction of sp³-hybridized carbons (Fsp3) is 0.691. The van der Waals surface area contributed by atoms with Gasteiger partial charge in [0, 0.05) is 45.7 Å². The topological polar surface area (TPSA) is 798 Å². The second-order valence-corrected chi connectivity index (χ2v) is 22.7. The molecule has 43 nitrogen and oxygen atoms in total. The molecule has 98 heavy (non-hydrogen) atoms. The summed E-state index contributed by atoms with van der Waals surface area (Å²) in [6, 6.07) is -13.0. The summed E-state index contributed by atoms with van der Waals surface area (Å²) in [5.41, 5.74) is 60.9. The van der Waals surface area contributed by atoms with Crippen molar-refractivity contribution in [3.05, 3.63) is 0 Å². The van der Waals surface area contributed by atoms with Gasteiger partial charge in [0.05, 0.1) is 6.54 Å². The fourth-order valence-corrected chi connectivity index (χ4v) is 9.32. The predicted octanol–water partition coefficient (Wildman–Crippen LogP) is -11.1. The number of carbonyl (C=O) groups excluding carboxylic acids is 11. The highest BCUT2D eigenvalue weighted by Gasteiger charge is 2.36. The van der Waals surface area contributed by atoms with Gasteiger partial charge in [-0.15, -0.1) is 0 Å². The Morgan fingerprint density at radius 2 is 0.449 bits per heavy atom. The zero-order valence-corrected chi connectivity index (χ0v) is 55.5. The highest BCUT2D eigenvalue weighted by atomic mass is 16.2. The Morgan fingerprint density at radius 1 is 0.255 bits per heavy atom. The van der Waals surface area contributed by atoms with Gasteiger partial charge in [0.25, 0.3) is 0 Å². The molecule has 0 aliphatic carbocycles. The zero-order valence-electron chi connectivity index (χ0n) is 55.5. The molecule has 0 rings (SSSR count). The van der Waals surface area contributed by atoms with Crippen LogP contribution >= 0.6 is 0 Å². The quantitative estimate of drug-likeness (QED) is 0.0153. The molecular formula is C55H110N32O11. The first-order valence-corrected chi connectivity index (χ1v) is 32.2. The molecule has 0 aromatic heterocycles. The molecule has 11 amide bonds. The molecule has 0 aliphatic heterocycles. The number of carbonyl (C=O) groups is 11. The van der Waals surface area contributed by atoms with E-state index in [1.54, 1.807) is 0 Å². The van der Waals surface area contributed by atoms with E-state index in [0.29, 0.717) is 19.3 Å². The SMILES string of the molecule is N=C(N)NCCC[C@H](NC(=O)[C@H](CCCNC(=N)N)NC(=O)[C@H](CCCNC(=N)N)NC(=O)[C@H](CCCNC(=N)N)NC(=O)[C@H](CCC(N)=O)NC(=O)[C@H](CCCNC(=N)N)NC(=O)[C@H](CCCCN)NC(=O)[C@H](CCCCN)NC(=O)[C@H](CCCNC(=N)N)NC(=O)CN)C(N)=O. The third-order valence-corrected chi connectivity index (χ3v) is 14.4. The summed E-state index contributed by atoms with van der Waals surface area (Å²) in [6.45, 7) is 0.283. The lowest BCUT2D eigenvalue weighted by atomic mass is 10.0. The number of primary amides is 2. The molecule has 0 spiro atoms. The van der Waals surface area contributed by atoms with Crippen LogP contribution in [-0.4, -0.2) is 214 Å². The highest BCUT2D eigenvalue weighted by Crippen LogP contribution is 2.12. The number of amides is 11. The number of nitrogens with two attached hydrogens (primary N) is 11. The van der Waals surface area contributed by atoms with Gasteiger partial charge in [-0.2, -0.15) is 0 Å². The summed E-state index contributed by atoms with van der Waals surface area (Å²) >= 11 is 0. The van der Waals surface area contributed by atoms with Crippen molar-refractivity contribution in [3.63, 3.8) is 0 Å². The maximum atomic E-state index is 14.6. The van der Waals surface area contributed by atoms with Crippen molar-refractivity contribution in [2.75, 3.05) is 58.9 Å². The van der Waals surface area contributed by atoms with Crippen molar-refractivity contribution in [1.29, 1.82) is 32.5 Å². The molecule has 0 fully saturated rings. The largest absolute Gasteiger partial charge is 0.370 e. The van der Waals surface area contributed by atoms with E-state index in [9.17, 15) is 52.7 Å². The van der Waals surface area contributed by atoms with Crippen LogP contribution in [0.4, 0.5) is 0 Å². The molecule has 0 saturated carbocycles. The number of rotatable bonds is 54. The van der Waals surface area contributed by atoms with Gasteiger partial charge < -0.3 is 143 Å². The molecule has 43 heteroatoms. The molecule has 0 radical (unpaired) electrons. The lowest BCUT2D eigenvalue weighted by Gasteiger charge is -2.28. The second kappa shape index (κ2) is 51.0. The van der Waals surface area contributed by atoms with Gasteiger partial charge in [0.1, 0.15) is 54.4 Å². The van der Waals surface area contributed by atoms with Crippen molar-refractivity contribution in [2.24, 2.45) is 63.1 Å². The van der Waals surface area contributed by atoms with Crippen molar-refractivity contribution >= 4 is 101 Å². The third-order valence-electron chi connectivity index (χ3n) is 14.4. The molecule has 9 atom stereocenters. The number of nitrogens with one attached hydrogen (secondary N) is 21. The Hall–Kier alpha value is -10.3. The van der Waals surface area contributed by atoms with Crippen LogP contribution < -0.4 is 143 Å². The van der Waals surface area contributed by atoms with Crippen molar-refractivity contribution in [2.45, 2.75) is 183 Å². The Bertz CT molecular complexity index is 2640. The number of hydrogen-bond donors (Lipinski definition) is 32. The lowest BCUT2D eigenvalue weighted by Crippen LogP contribution is -2.60. The van der Waals surface area contributed by atoms with E-state index in [-0.39, 0.29) is 167 Å². The minimum absolute atomic E-state index is 0.00459. The molecule has 0 bridgehead atoms. The summed E-state index contributed by atoms with van der Waals surface area (Å²) in [5, 5.41) is 84.0. The third kappa shape index (κ3) is 42.2. The zero-order chi connectivity index (χ0) is 74.1. The molecule has 0 aromatic rings. The van der Waals surface area contributed by atoms with E-state index < -0.39 is 157 Å². The van der Waals surface area contributed by atoms with Gasteiger partial charge in [-0.1, -0.05) is 0 Å². The van der Waals surface area contributed by atoms with Crippen LogP contribution in [0.5, 0.6) is 0 Å². The molecule has 0 unspecified atom stereocenters. The van der Waals surface area contributed by atoms with Crippen LogP contribution in [0.3, 0.4) is 0 Å². The van der Waals surface area contributed by atoms with Crippen LogP contribution in [-0.2, 0) is 52.7 Å². The highest BCUT2D eigenvalue weighted by molar-refractivity contribution is 5.99. The Kier molecular flexibility index (Phi) is 45.6. The number of unbranched alkanes of at least 4 members (excludes halogenated alkanes) is 2. The van der Waals surface area contributed by atoms with Crippen LogP contribution in [0, 0.1) is 32.5 Å². The number of hydrogen-bond acceptors (Lipinski definition) is 20. The normalized spacial score (nSPS) is 13.5. The monoisotopic (exact) mass is 1390 g/mol. The second-order valence-electron chi connectivity index (χ2n) is 22.7. The van der Waals surface area contributed by atoms with Crippen molar-refractivity contribution < 1.29 is 52.7 Å². The number of guanidine groups is 6. The minimum Gasteiger partial charge on any atom is -0.370 e. The van der Waals surface area contributed by atoms with Gasteiger partial charge in [-0.3, -0.25) is 85.2 Å². The maximum Gasteiger partial charge on any atom is 0.243 e. The molecule has 0 aliphatic rings. The van der Waals surface area contributed by atoms with Gasteiger partial charge >= 0.3 is 0 Å². The smallest absolute Gasteiger partial charge is 0.243 e. The van der Waals surface area contributed by atoms with Gasteiger partial charge in [-0.25, -0.2) is 0 Å². The van der Waals surface area contributed by atoms with E-state index in [1.807, 2.05) is 0 Å². The predicted molar refractivity (Wildman–Crippen MR) is 365 cm³/mol. The van der Waals surface area contributed by atoms with E-state index in [4.69, 9.17) is 95.5 Å². The van der Waals surface area contributed by atoms with Gasteiger partial charge in [0.2, 0.25) is 65.0 Å². The Morgan fingerprint density at radius 3 is 0.643 bits per heavy atom. The van der Waals surface area contributed by atoms with Crippen LogP contribution in [0.15, 0.2) is 0 Å². The standard InChI is InChI=1S/C55H110N32O11/c56-21-3-1-11-32(81-42(91)31(79-40(89)29-58)14-6-24-74-51(63)64)44(93)82-33(12-2-4-22-57)45(94)84-37(18-10-28-78-55(71)72)48(97)87-38(19-20-39(59)88)49(98)86-36(17-9-27-77-54(69)70)47(96)85-35(16-8-26-76-53(67)68)46(95)83-34(15-7-25-75-52(65)66)43(92)80-30(41(60)90)13-5-23-73-50(61)62/h30-38H,1-29,56-58H2,(H2,59,88)(H2,60,90)(H,79,89)(H,80,92)(H,81,91)(H,82,93)(H,83,95)(H,84,94)(H,85,96)(H,86,98)(H,87,97)(H4,61,62,73)(H4,63,64,74)(H4,65,66,75)(H4,67,68,76)(H4,69,70,77)(H4,71,72,78)/t30-,31-,32-,33-,34-,35-,36-,37-,38-/m0/s1. The molecule has 0 saturated heterocycles. The van der Waals surface area contributed by atoms with E-state index in [2.05, 4.69) is 79.8 Å². The van der Waals surface area contributed by atoms with Crippen LogP contribution in [0.2, 0.25) is 0 Å². The molecule has 0 aromatic carbocycles. The first kappa shape index (κ1) is 87.7. The Balaban J connectivity index is 7.51. The lowest BCUT2D eigenvalue weighted by molar-refractivity contribution is -0.136. The van der Waals surface area contributed by atoms with Crippen molar-refractivity contribution in [3.8, 4) is 0 Å². The summed E-state index contributed by atoms with van der Waals surface area (Å²) in [5.74, 6) is -12.3. The first-order chi connectivity index (χ1) is 46.3. The molecular weight excluding hydrogens is 1280 g/mol. The van der Waals surface area contributed by atoms with Gasteiger partial charge in [-0.05, 0) is 135 Å². The molecule has 556 valence electrons. The van der Waals surface area contributed by atoms with Crippen LogP contribution in [0.25, 0.3) is 0 Å². The summed E-state index contributed by atoms with van der Waals surface area (Å²) < 4.78 is 0. The first-order valence-electron chi connectivity index (χ1n) is 32.2. The van der Waals surface area contributed by atoms with E-state index in [1.165, 1.54) is 0 Å². The fourth-order valence-electron chi connectivity index (χ4n) is 9.32. The van der Waals surface area contributed by atoms with Crippen molar-refractivity contribution in [1.82, 2.24) is 79.8 Å². The molecule has 0 heterocycles. The summed E-state index contributed by atoms with van der Waals surface area (Å²) in [4.78, 5) is 152. The van der Waals surface area contributed by atoms with Crippen LogP contribution in [0.1, 0.15) is 128 Å². The average Bonchev–Trinajstić information content (AvgIpc) is 0.875. The van der Waals surface area contributed by atoms with E-state index in [0.717, 1.165) is 0 Å².